The van der Waals surface area contributed by atoms with Gasteiger partial charge in [-0.15, -0.1) is 0 Å². The van der Waals surface area contributed by atoms with E-state index in [4.69, 9.17) is 0 Å². The molecule has 0 atom stereocenters. The third kappa shape index (κ3) is 3.34. The van der Waals surface area contributed by atoms with Crippen LogP contribution in [0, 0.1) is 10.1 Å². The molecule has 2 aromatic heterocycles. The molecular weight excluding hydrogens is 334 g/mol. The Balaban J connectivity index is 1.70. The number of aromatic amines is 1. The Morgan fingerprint density at radius 2 is 1.96 bits per heavy atom. The van der Waals surface area contributed by atoms with E-state index in [1.54, 1.807) is 30.1 Å². The van der Waals surface area contributed by atoms with E-state index in [1.165, 1.54) is 18.3 Å². The Labute approximate surface area is 150 Å². The smallest absolute Gasteiger partial charge is 0.311 e. The van der Waals surface area contributed by atoms with Crippen molar-refractivity contribution in [2.75, 3.05) is 32.1 Å². The van der Waals surface area contributed by atoms with Crippen molar-refractivity contribution in [2.24, 2.45) is 0 Å². The number of H-pyrrole nitrogens is 1. The molecule has 8 heteroatoms. The number of carbonyl (C=O) groups is 1. The first-order valence-electron chi connectivity index (χ1n) is 8.11. The van der Waals surface area contributed by atoms with Gasteiger partial charge in [0.2, 0.25) is 5.82 Å². The molecule has 2 heterocycles. The van der Waals surface area contributed by atoms with Crippen LogP contribution in [0.5, 0.6) is 0 Å². The molecule has 0 spiro atoms. The van der Waals surface area contributed by atoms with Crippen molar-refractivity contribution in [3.63, 3.8) is 0 Å². The van der Waals surface area contributed by atoms with Gasteiger partial charge in [-0.05, 0) is 12.1 Å². The van der Waals surface area contributed by atoms with Crippen molar-refractivity contribution in [1.82, 2.24) is 14.9 Å². The number of nitrogens with one attached hydrogen (secondary N) is 1. The Hall–Kier alpha value is -3.42. The van der Waals surface area contributed by atoms with E-state index in [-0.39, 0.29) is 17.4 Å². The second-order valence-corrected chi connectivity index (χ2v) is 6.00. The predicted octanol–water partition coefficient (Wildman–Crippen LogP) is 2.68. The highest BCUT2D eigenvalue weighted by molar-refractivity contribution is 6.06. The van der Waals surface area contributed by atoms with E-state index in [2.05, 4.69) is 9.97 Å². The highest BCUT2D eigenvalue weighted by Gasteiger charge is 2.20. The molecule has 3 rings (SSSR count). The zero-order valence-electron chi connectivity index (χ0n) is 14.5. The minimum absolute atomic E-state index is 0.0550. The van der Waals surface area contributed by atoms with Crippen LogP contribution in [0.3, 0.4) is 0 Å². The quantitative estimate of drug-likeness (QED) is 0.543. The van der Waals surface area contributed by atoms with Gasteiger partial charge < -0.3 is 14.8 Å². The average molecular weight is 353 g/mol. The molecule has 0 aliphatic heterocycles. The Bertz CT molecular complexity index is 953. The summed E-state index contributed by atoms with van der Waals surface area (Å²) in [6.07, 6.45) is 3.22. The normalized spacial score (nSPS) is 10.7. The second-order valence-electron chi connectivity index (χ2n) is 6.00. The topological polar surface area (TPSA) is 95.4 Å². The third-order valence-corrected chi connectivity index (χ3v) is 4.26. The number of nitrogens with zero attached hydrogens (tertiary/aromatic N) is 4. The van der Waals surface area contributed by atoms with E-state index in [0.717, 1.165) is 10.9 Å². The predicted molar refractivity (Wildman–Crippen MR) is 99.4 cm³/mol. The maximum Gasteiger partial charge on any atom is 0.311 e. The van der Waals surface area contributed by atoms with Gasteiger partial charge in [-0.2, -0.15) is 0 Å². The lowest BCUT2D eigenvalue weighted by atomic mass is 10.1. The summed E-state index contributed by atoms with van der Waals surface area (Å²) >= 11 is 0. The molecule has 0 radical (unpaired) electrons. The number of aromatic nitrogens is 2. The monoisotopic (exact) mass is 353 g/mol. The zero-order valence-corrected chi connectivity index (χ0v) is 14.5. The fourth-order valence-electron chi connectivity index (χ4n) is 2.79. The van der Waals surface area contributed by atoms with Crippen LogP contribution >= 0.6 is 0 Å². The van der Waals surface area contributed by atoms with E-state index < -0.39 is 4.92 Å². The fourth-order valence-corrected chi connectivity index (χ4v) is 2.79. The van der Waals surface area contributed by atoms with Crippen LogP contribution in [0.2, 0.25) is 0 Å². The largest absolute Gasteiger partial charge is 0.360 e. The third-order valence-electron chi connectivity index (χ3n) is 4.26. The number of carbonyl (C=O) groups excluding carboxylic acids is 1. The van der Waals surface area contributed by atoms with Gasteiger partial charge in [-0.1, -0.05) is 18.2 Å². The van der Waals surface area contributed by atoms with Crippen LogP contribution in [0.4, 0.5) is 11.5 Å². The van der Waals surface area contributed by atoms with Crippen LogP contribution in [-0.2, 0) is 0 Å². The minimum atomic E-state index is -0.459. The second kappa shape index (κ2) is 7.22. The summed E-state index contributed by atoms with van der Waals surface area (Å²) in [5.74, 6) is 0.178. The van der Waals surface area contributed by atoms with E-state index in [0.29, 0.717) is 18.7 Å². The summed E-state index contributed by atoms with van der Waals surface area (Å²) in [6.45, 7) is 0.824. The molecule has 0 aliphatic rings. The maximum absolute atomic E-state index is 12.7. The highest BCUT2D eigenvalue weighted by atomic mass is 16.6. The SMILES string of the molecule is CN(CCN(C)c1ncccc1[N+](=O)[O-])C(=O)c1c[nH]c2ccccc12. The molecule has 8 nitrogen and oxygen atoms in total. The van der Waals surface area contributed by atoms with Gasteiger partial charge >= 0.3 is 5.69 Å². The molecular formula is C18H19N5O3. The van der Waals surface area contributed by atoms with Crippen LogP contribution in [-0.4, -0.2) is 52.9 Å². The molecule has 0 saturated heterocycles. The van der Waals surface area contributed by atoms with Crippen molar-refractivity contribution in [1.29, 1.82) is 0 Å². The van der Waals surface area contributed by atoms with Crippen molar-refractivity contribution in [3.05, 3.63) is 64.5 Å². The molecule has 0 fully saturated rings. The highest BCUT2D eigenvalue weighted by Crippen LogP contribution is 2.23. The number of hydrogen-bond donors (Lipinski definition) is 1. The Morgan fingerprint density at radius 1 is 1.19 bits per heavy atom. The van der Waals surface area contributed by atoms with Crippen LogP contribution < -0.4 is 4.90 Å². The van der Waals surface area contributed by atoms with E-state index >= 15 is 0 Å². The number of fused-ring (bicyclic) bond motifs is 1. The van der Waals surface area contributed by atoms with Gasteiger partial charge in [0.05, 0.1) is 10.5 Å². The van der Waals surface area contributed by atoms with Gasteiger partial charge in [0.1, 0.15) is 0 Å². The van der Waals surface area contributed by atoms with E-state index in [1.807, 2.05) is 24.3 Å². The number of benzene rings is 1. The van der Waals surface area contributed by atoms with Gasteiger partial charge in [0, 0.05) is 56.5 Å². The number of likely N-dealkylation sites (N-methyl/N-ethyl adjacent to an activating group) is 2. The minimum Gasteiger partial charge on any atom is -0.360 e. The lowest BCUT2D eigenvalue weighted by molar-refractivity contribution is -0.384. The summed E-state index contributed by atoms with van der Waals surface area (Å²) in [5.41, 5.74) is 1.46. The van der Waals surface area contributed by atoms with Gasteiger partial charge in [0.25, 0.3) is 5.91 Å². The molecule has 26 heavy (non-hydrogen) atoms. The number of anilines is 1. The van der Waals surface area contributed by atoms with Crippen molar-refractivity contribution in [3.8, 4) is 0 Å². The van der Waals surface area contributed by atoms with Crippen LogP contribution in [0.1, 0.15) is 10.4 Å². The molecule has 0 aliphatic carbocycles. The zero-order chi connectivity index (χ0) is 18.7. The first kappa shape index (κ1) is 17.4. The van der Waals surface area contributed by atoms with E-state index in [9.17, 15) is 14.9 Å². The number of hydrogen-bond acceptors (Lipinski definition) is 5. The van der Waals surface area contributed by atoms with Crippen LogP contribution in [0.25, 0.3) is 10.9 Å². The summed E-state index contributed by atoms with van der Waals surface area (Å²) in [6, 6.07) is 10.6. The van der Waals surface area contributed by atoms with Gasteiger partial charge in [0.15, 0.2) is 0 Å². The first-order valence-corrected chi connectivity index (χ1v) is 8.11. The van der Waals surface area contributed by atoms with Crippen LogP contribution in [0.15, 0.2) is 48.8 Å². The number of para-hydroxylation sites is 1. The van der Waals surface area contributed by atoms with Gasteiger partial charge in [-0.25, -0.2) is 4.98 Å². The Morgan fingerprint density at radius 3 is 2.73 bits per heavy atom. The summed E-state index contributed by atoms with van der Waals surface area (Å²) in [5, 5.41) is 12.0. The fraction of sp³-hybridized carbons (Fsp3) is 0.222. The molecule has 0 bridgehead atoms. The summed E-state index contributed by atoms with van der Waals surface area (Å²) < 4.78 is 0. The molecule has 1 amide bonds. The number of amides is 1. The molecule has 1 aromatic carbocycles. The van der Waals surface area contributed by atoms with Crippen molar-refractivity contribution in [2.45, 2.75) is 0 Å². The maximum atomic E-state index is 12.7. The lowest BCUT2D eigenvalue weighted by Gasteiger charge is -2.22. The Kier molecular flexibility index (Phi) is 4.83. The van der Waals surface area contributed by atoms with Gasteiger partial charge in [-0.3, -0.25) is 14.9 Å². The molecule has 0 unspecified atom stereocenters. The molecule has 1 N–H and O–H groups in total. The number of rotatable bonds is 6. The number of nitro groups is 1. The first-order chi connectivity index (χ1) is 12.5. The van der Waals surface area contributed by atoms with Crippen molar-refractivity contribution < 1.29 is 9.72 Å². The standard InChI is InChI=1S/C18H19N5O3/c1-21(17-16(23(25)26)8-5-9-19-17)10-11-22(2)18(24)14-12-20-15-7-4-3-6-13(14)15/h3-9,12,20H,10-11H2,1-2H3. The summed E-state index contributed by atoms with van der Waals surface area (Å²) in [7, 11) is 3.43. The lowest BCUT2D eigenvalue weighted by Crippen LogP contribution is -2.35. The average Bonchev–Trinajstić information content (AvgIpc) is 3.09. The van der Waals surface area contributed by atoms with Crippen molar-refractivity contribution >= 4 is 28.3 Å². The molecule has 0 saturated carbocycles. The number of pyridine rings is 1. The summed E-state index contributed by atoms with van der Waals surface area (Å²) in [4.78, 5) is 33.8. The molecule has 134 valence electrons. The molecule has 3 aromatic rings.